The molecule has 0 aromatic heterocycles. The number of ether oxygens (including phenoxy) is 1. The van der Waals surface area contributed by atoms with Crippen molar-refractivity contribution >= 4 is 29.1 Å². The van der Waals surface area contributed by atoms with Gasteiger partial charge in [0, 0.05) is 17.4 Å². The Balaban J connectivity index is 1.44. The van der Waals surface area contributed by atoms with Gasteiger partial charge in [0.15, 0.2) is 0 Å². The highest BCUT2D eigenvalue weighted by Crippen LogP contribution is 2.51. The Morgan fingerprint density at radius 3 is 2.68 bits per heavy atom. The van der Waals surface area contributed by atoms with Gasteiger partial charge in [-0.25, -0.2) is 0 Å². The fraction of sp³-hybridized carbons (Fsp3) is 0.333. The van der Waals surface area contributed by atoms with Gasteiger partial charge < -0.3 is 10.1 Å². The van der Waals surface area contributed by atoms with Crippen LogP contribution in [0, 0.1) is 5.92 Å². The van der Waals surface area contributed by atoms with Crippen LogP contribution in [0.15, 0.2) is 54.6 Å². The van der Waals surface area contributed by atoms with Crippen LogP contribution in [0.3, 0.4) is 0 Å². The normalized spacial score (nSPS) is 27.2. The first-order valence-corrected chi connectivity index (χ1v) is 10.4. The monoisotopic (exact) mass is 369 g/mol. The third-order valence-corrected chi connectivity index (χ3v) is 7.03. The van der Waals surface area contributed by atoms with Crippen molar-refractivity contribution in [1.29, 1.82) is 0 Å². The Labute approximate surface area is 157 Å². The van der Waals surface area contributed by atoms with Gasteiger partial charge >= 0.3 is 0 Å². The largest absolute Gasteiger partial charge is 0.489 e. The van der Waals surface area contributed by atoms with Gasteiger partial charge in [-0.15, -0.1) is 0 Å². The maximum atomic E-state index is 6.48. The van der Waals surface area contributed by atoms with E-state index in [1.165, 1.54) is 11.1 Å². The highest BCUT2D eigenvalue weighted by atomic mass is 35.5. The van der Waals surface area contributed by atoms with Crippen LogP contribution >= 0.6 is 23.4 Å². The van der Waals surface area contributed by atoms with E-state index < -0.39 is 0 Å². The molecule has 4 heteroatoms. The summed E-state index contributed by atoms with van der Waals surface area (Å²) in [7, 11) is 0. The molecule has 1 fully saturated rings. The average molecular weight is 370 g/mol. The minimum Gasteiger partial charge on any atom is -0.489 e. The van der Waals surface area contributed by atoms with Crippen LogP contribution in [0.5, 0.6) is 5.75 Å². The van der Waals surface area contributed by atoms with Crippen LogP contribution in [0.2, 0.25) is 5.02 Å². The van der Waals surface area contributed by atoms with Gasteiger partial charge in [0.25, 0.3) is 0 Å². The molecule has 0 bridgehead atoms. The van der Waals surface area contributed by atoms with Crippen molar-refractivity contribution in [1.82, 2.24) is 0 Å². The molecule has 0 unspecified atom stereocenters. The zero-order chi connectivity index (χ0) is 16.8. The number of hydrogen-bond acceptors (Lipinski definition) is 3. The Hall–Kier alpha value is -1.58. The quantitative estimate of drug-likeness (QED) is 0.705. The fourth-order valence-electron chi connectivity index (χ4n) is 4.14. The molecule has 2 nitrogen and oxygen atoms in total. The third-order valence-electron chi connectivity index (χ3n) is 5.50. The first-order valence-electron chi connectivity index (χ1n) is 8.85. The van der Waals surface area contributed by atoms with Crippen LogP contribution < -0.4 is 10.1 Å². The molecule has 0 saturated carbocycles. The van der Waals surface area contributed by atoms with Crippen LogP contribution in [-0.4, -0.2) is 17.6 Å². The van der Waals surface area contributed by atoms with E-state index in [0.29, 0.717) is 17.9 Å². The Morgan fingerprint density at radius 1 is 1.08 bits per heavy atom. The highest BCUT2D eigenvalue weighted by Gasteiger charge is 2.38. The summed E-state index contributed by atoms with van der Waals surface area (Å²) >= 11 is 8.42. The molecule has 25 heavy (non-hydrogen) atoms. The third kappa shape index (κ3) is 2.74. The lowest BCUT2D eigenvalue weighted by Crippen LogP contribution is -2.31. The number of fused-ring (bicyclic) bond motifs is 3. The first-order chi connectivity index (χ1) is 12.3. The molecule has 0 radical (unpaired) electrons. The summed E-state index contributed by atoms with van der Waals surface area (Å²) in [6.45, 7) is 0. The molecule has 3 aliphatic rings. The molecule has 2 aromatic rings. The topological polar surface area (TPSA) is 21.3 Å². The molecule has 2 heterocycles. The Bertz CT molecular complexity index is 815. The summed E-state index contributed by atoms with van der Waals surface area (Å²) in [5.74, 6) is 4.18. The van der Waals surface area contributed by atoms with Crippen LogP contribution in [-0.2, 0) is 0 Å². The summed E-state index contributed by atoms with van der Waals surface area (Å²) in [6, 6.07) is 15.1. The molecule has 128 valence electrons. The Kier molecular flexibility index (Phi) is 3.94. The Morgan fingerprint density at radius 2 is 1.92 bits per heavy atom. The molecule has 0 spiro atoms. The van der Waals surface area contributed by atoms with Gasteiger partial charge in [0.2, 0.25) is 0 Å². The van der Waals surface area contributed by atoms with Crippen LogP contribution in [0.25, 0.3) is 0 Å². The zero-order valence-electron chi connectivity index (χ0n) is 13.8. The fourth-order valence-corrected chi connectivity index (χ4v) is 4.94. The average Bonchev–Trinajstić information content (AvgIpc) is 3.09. The molecule has 0 amide bonds. The number of nitrogens with one attached hydrogen (secondary N) is 1. The standard InChI is InChI=1S/C21H20ClNOS/c22-19-6-2-5-18-16-3-1-4-17(16)20(23-21(18)19)13-7-9-14(10-8-13)24-15-11-25-12-15/h1-3,5-10,15-17,20,23H,4,11-12H2/t16-,17-,20-/m0/s1. The first kappa shape index (κ1) is 15.7. The second kappa shape index (κ2) is 6.30. The number of allylic oxidation sites excluding steroid dienone is 2. The molecule has 1 aliphatic carbocycles. The number of hydrogen-bond donors (Lipinski definition) is 1. The molecule has 2 aromatic carbocycles. The number of rotatable bonds is 3. The lowest BCUT2D eigenvalue weighted by Gasteiger charge is -2.38. The number of halogens is 1. The number of para-hydroxylation sites is 1. The van der Waals surface area contributed by atoms with Crippen molar-refractivity contribution in [2.75, 3.05) is 16.8 Å². The lowest BCUT2D eigenvalue weighted by molar-refractivity contribution is 0.240. The van der Waals surface area contributed by atoms with E-state index in [-0.39, 0.29) is 6.04 Å². The maximum Gasteiger partial charge on any atom is 0.119 e. The van der Waals surface area contributed by atoms with Crippen LogP contribution in [0.1, 0.15) is 29.5 Å². The van der Waals surface area contributed by atoms with Crippen molar-refractivity contribution < 1.29 is 4.74 Å². The summed E-state index contributed by atoms with van der Waals surface area (Å²) < 4.78 is 5.98. The van der Waals surface area contributed by atoms with E-state index in [2.05, 4.69) is 53.9 Å². The van der Waals surface area contributed by atoms with E-state index >= 15 is 0 Å². The molecule has 1 N–H and O–H groups in total. The molecule has 2 aliphatic heterocycles. The summed E-state index contributed by atoms with van der Waals surface area (Å²) in [5.41, 5.74) is 3.72. The minimum atomic E-state index is 0.278. The van der Waals surface area contributed by atoms with Crippen molar-refractivity contribution in [2.45, 2.75) is 24.5 Å². The van der Waals surface area contributed by atoms with Gasteiger partial charge in [0.1, 0.15) is 11.9 Å². The molecule has 1 saturated heterocycles. The number of thioether (sulfide) groups is 1. The molecule has 3 atom stereocenters. The van der Waals surface area contributed by atoms with E-state index in [0.717, 1.165) is 34.4 Å². The zero-order valence-corrected chi connectivity index (χ0v) is 15.4. The molecule has 5 rings (SSSR count). The summed E-state index contributed by atoms with van der Waals surface area (Å²) in [5, 5.41) is 4.53. The van der Waals surface area contributed by atoms with Gasteiger partial charge in [-0.1, -0.05) is 48.0 Å². The lowest BCUT2D eigenvalue weighted by atomic mass is 9.77. The van der Waals surface area contributed by atoms with E-state index in [4.69, 9.17) is 16.3 Å². The van der Waals surface area contributed by atoms with Gasteiger partial charge in [-0.2, -0.15) is 11.8 Å². The second-order valence-corrected chi connectivity index (χ2v) is 8.51. The predicted molar refractivity (Wildman–Crippen MR) is 106 cm³/mol. The van der Waals surface area contributed by atoms with Crippen molar-refractivity contribution in [3.8, 4) is 5.75 Å². The second-order valence-electron chi connectivity index (χ2n) is 7.03. The number of anilines is 1. The predicted octanol–water partition coefficient (Wildman–Crippen LogP) is 5.66. The van der Waals surface area contributed by atoms with Crippen molar-refractivity contribution in [3.63, 3.8) is 0 Å². The van der Waals surface area contributed by atoms with E-state index in [9.17, 15) is 0 Å². The smallest absolute Gasteiger partial charge is 0.119 e. The van der Waals surface area contributed by atoms with E-state index in [1.807, 2.05) is 17.8 Å². The molecular weight excluding hydrogens is 350 g/mol. The SMILES string of the molecule is Clc1cccc2c1N[C@@H](c1ccc(OC3CSC3)cc1)[C@H]1CC=C[C@H]21. The summed E-state index contributed by atoms with van der Waals surface area (Å²) in [4.78, 5) is 0. The van der Waals surface area contributed by atoms with Crippen molar-refractivity contribution in [3.05, 3.63) is 70.8 Å². The minimum absolute atomic E-state index is 0.278. The van der Waals surface area contributed by atoms with Crippen molar-refractivity contribution in [2.24, 2.45) is 5.92 Å². The summed E-state index contributed by atoms with van der Waals surface area (Å²) in [6.07, 6.45) is 6.15. The van der Waals surface area contributed by atoms with Gasteiger partial charge in [-0.05, 0) is 41.7 Å². The molecular formula is C21H20ClNOS. The van der Waals surface area contributed by atoms with E-state index in [1.54, 1.807) is 0 Å². The number of benzene rings is 2. The van der Waals surface area contributed by atoms with Gasteiger partial charge in [0.05, 0.1) is 16.8 Å². The van der Waals surface area contributed by atoms with Crippen LogP contribution in [0.4, 0.5) is 5.69 Å². The van der Waals surface area contributed by atoms with Gasteiger partial charge in [-0.3, -0.25) is 0 Å². The maximum absolute atomic E-state index is 6.48. The highest BCUT2D eigenvalue weighted by molar-refractivity contribution is 8.00.